The SMILES string of the molecule is CCn1cc(NC2CC3CCC(C2)N3C)cn1. The summed E-state index contributed by atoms with van der Waals surface area (Å²) in [5, 5.41) is 7.96. The molecule has 0 aliphatic carbocycles. The predicted molar refractivity (Wildman–Crippen MR) is 69.1 cm³/mol. The summed E-state index contributed by atoms with van der Waals surface area (Å²) in [7, 11) is 2.29. The highest BCUT2D eigenvalue weighted by Crippen LogP contribution is 2.35. The first kappa shape index (κ1) is 11.1. The average molecular weight is 234 g/mol. The van der Waals surface area contributed by atoms with Gasteiger partial charge in [0.2, 0.25) is 0 Å². The van der Waals surface area contributed by atoms with E-state index in [1.807, 2.05) is 10.9 Å². The van der Waals surface area contributed by atoms with Gasteiger partial charge in [0.25, 0.3) is 0 Å². The van der Waals surface area contributed by atoms with Crippen LogP contribution in [0.15, 0.2) is 12.4 Å². The molecule has 4 nitrogen and oxygen atoms in total. The van der Waals surface area contributed by atoms with Crippen LogP contribution in [0.4, 0.5) is 5.69 Å². The summed E-state index contributed by atoms with van der Waals surface area (Å²) in [6, 6.07) is 2.23. The van der Waals surface area contributed by atoms with Crippen LogP contribution in [0.5, 0.6) is 0 Å². The second kappa shape index (κ2) is 4.33. The molecule has 94 valence electrons. The van der Waals surface area contributed by atoms with Gasteiger partial charge in [0, 0.05) is 30.9 Å². The Morgan fingerprint density at radius 1 is 1.35 bits per heavy atom. The van der Waals surface area contributed by atoms with Crippen LogP contribution in [0.2, 0.25) is 0 Å². The molecular formula is C13H22N4. The third kappa shape index (κ3) is 2.06. The quantitative estimate of drug-likeness (QED) is 0.867. The maximum absolute atomic E-state index is 4.31. The third-order valence-corrected chi connectivity index (χ3v) is 4.43. The summed E-state index contributed by atoms with van der Waals surface area (Å²) in [4.78, 5) is 2.58. The van der Waals surface area contributed by atoms with Gasteiger partial charge < -0.3 is 10.2 Å². The average Bonchev–Trinajstić information content (AvgIpc) is 2.83. The molecule has 2 aliphatic rings. The van der Waals surface area contributed by atoms with Gasteiger partial charge in [-0.15, -0.1) is 0 Å². The lowest BCUT2D eigenvalue weighted by Gasteiger charge is -2.36. The van der Waals surface area contributed by atoms with Crippen molar-refractivity contribution in [3.05, 3.63) is 12.4 Å². The zero-order chi connectivity index (χ0) is 11.8. The van der Waals surface area contributed by atoms with Crippen molar-refractivity contribution in [1.82, 2.24) is 14.7 Å². The lowest BCUT2D eigenvalue weighted by molar-refractivity contribution is 0.169. The Kier molecular flexibility index (Phi) is 2.82. The number of nitrogens with zero attached hydrogens (tertiary/aromatic N) is 3. The summed E-state index contributed by atoms with van der Waals surface area (Å²) >= 11 is 0. The van der Waals surface area contributed by atoms with Crippen LogP contribution in [-0.4, -0.2) is 39.9 Å². The minimum absolute atomic E-state index is 0.637. The Balaban J connectivity index is 1.63. The summed E-state index contributed by atoms with van der Waals surface area (Å²) in [5.74, 6) is 0. The zero-order valence-corrected chi connectivity index (χ0v) is 10.8. The smallest absolute Gasteiger partial charge is 0.0728 e. The van der Waals surface area contributed by atoms with Crippen molar-refractivity contribution >= 4 is 5.69 Å². The first-order chi connectivity index (χ1) is 8.26. The highest BCUT2D eigenvalue weighted by Gasteiger charge is 2.38. The Morgan fingerprint density at radius 3 is 2.65 bits per heavy atom. The van der Waals surface area contributed by atoms with Crippen LogP contribution in [0.3, 0.4) is 0 Å². The largest absolute Gasteiger partial charge is 0.380 e. The van der Waals surface area contributed by atoms with E-state index in [1.54, 1.807) is 0 Å². The second-order valence-electron chi connectivity index (χ2n) is 5.45. The van der Waals surface area contributed by atoms with Crippen molar-refractivity contribution in [3.8, 4) is 0 Å². The van der Waals surface area contributed by atoms with Gasteiger partial charge in [0.1, 0.15) is 0 Å². The van der Waals surface area contributed by atoms with Crippen molar-refractivity contribution in [3.63, 3.8) is 0 Å². The van der Waals surface area contributed by atoms with Crippen LogP contribution in [0, 0.1) is 0 Å². The van der Waals surface area contributed by atoms with Crippen molar-refractivity contribution in [2.45, 2.75) is 57.3 Å². The highest BCUT2D eigenvalue weighted by atomic mass is 15.3. The topological polar surface area (TPSA) is 33.1 Å². The molecule has 0 amide bonds. The van der Waals surface area contributed by atoms with Gasteiger partial charge in [0.15, 0.2) is 0 Å². The maximum Gasteiger partial charge on any atom is 0.0728 e. The van der Waals surface area contributed by atoms with E-state index in [4.69, 9.17) is 0 Å². The van der Waals surface area contributed by atoms with E-state index >= 15 is 0 Å². The Labute approximate surface area is 103 Å². The molecular weight excluding hydrogens is 212 g/mol. The molecule has 0 aromatic carbocycles. The molecule has 4 heteroatoms. The molecule has 0 saturated carbocycles. The first-order valence-electron chi connectivity index (χ1n) is 6.77. The highest BCUT2D eigenvalue weighted by molar-refractivity contribution is 5.39. The first-order valence-corrected chi connectivity index (χ1v) is 6.77. The van der Waals surface area contributed by atoms with E-state index in [1.165, 1.54) is 31.4 Å². The number of rotatable bonds is 3. The molecule has 0 spiro atoms. The predicted octanol–water partition coefficient (Wildman–Crippen LogP) is 1.94. The van der Waals surface area contributed by atoms with Gasteiger partial charge >= 0.3 is 0 Å². The minimum Gasteiger partial charge on any atom is -0.380 e. The van der Waals surface area contributed by atoms with E-state index < -0.39 is 0 Å². The lowest BCUT2D eigenvalue weighted by Crippen LogP contribution is -2.44. The Hall–Kier alpha value is -1.03. The molecule has 1 aromatic heterocycles. The lowest BCUT2D eigenvalue weighted by atomic mass is 9.98. The molecule has 3 rings (SSSR count). The molecule has 2 bridgehead atoms. The molecule has 3 heterocycles. The normalized spacial score (nSPS) is 32.9. The molecule has 17 heavy (non-hydrogen) atoms. The number of hydrogen-bond donors (Lipinski definition) is 1. The van der Waals surface area contributed by atoms with Crippen LogP contribution in [0.1, 0.15) is 32.6 Å². The van der Waals surface area contributed by atoms with Gasteiger partial charge in [-0.25, -0.2) is 0 Å². The Morgan fingerprint density at radius 2 is 2.06 bits per heavy atom. The molecule has 2 fully saturated rings. The molecule has 2 atom stereocenters. The number of anilines is 1. The molecule has 2 saturated heterocycles. The third-order valence-electron chi connectivity index (χ3n) is 4.43. The van der Waals surface area contributed by atoms with E-state index in [0.29, 0.717) is 6.04 Å². The minimum atomic E-state index is 0.637. The number of fused-ring (bicyclic) bond motifs is 2. The van der Waals surface area contributed by atoms with E-state index in [0.717, 1.165) is 18.6 Å². The molecule has 2 unspecified atom stereocenters. The summed E-state index contributed by atoms with van der Waals surface area (Å²) in [6.45, 7) is 3.06. The molecule has 2 aliphatic heterocycles. The van der Waals surface area contributed by atoms with Crippen LogP contribution in [-0.2, 0) is 6.54 Å². The van der Waals surface area contributed by atoms with Gasteiger partial charge in [-0.1, -0.05) is 0 Å². The molecule has 0 radical (unpaired) electrons. The number of piperidine rings is 1. The van der Waals surface area contributed by atoms with Crippen LogP contribution < -0.4 is 5.32 Å². The fourth-order valence-corrected chi connectivity index (χ4v) is 3.38. The van der Waals surface area contributed by atoms with Crippen LogP contribution >= 0.6 is 0 Å². The van der Waals surface area contributed by atoms with Crippen LogP contribution in [0.25, 0.3) is 0 Å². The zero-order valence-electron chi connectivity index (χ0n) is 10.8. The van der Waals surface area contributed by atoms with E-state index in [9.17, 15) is 0 Å². The van der Waals surface area contributed by atoms with Crippen molar-refractivity contribution in [2.75, 3.05) is 12.4 Å². The van der Waals surface area contributed by atoms with Gasteiger partial charge in [-0.05, 0) is 39.7 Å². The van der Waals surface area contributed by atoms with Gasteiger partial charge in [-0.3, -0.25) is 4.68 Å². The molecule has 1 aromatic rings. The fourth-order valence-electron chi connectivity index (χ4n) is 3.38. The number of aryl methyl sites for hydroxylation is 1. The number of aromatic nitrogens is 2. The van der Waals surface area contributed by atoms with E-state index in [-0.39, 0.29) is 0 Å². The monoisotopic (exact) mass is 234 g/mol. The van der Waals surface area contributed by atoms with Crippen molar-refractivity contribution in [1.29, 1.82) is 0 Å². The maximum atomic E-state index is 4.31. The molecule has 1 N–H and O–H groups in total. The summed E-state index contributed by atoms with van der Waals surface area (Å²) in [5.41, 5.74) is 1.18. The van der Waals surface area contributed by atoms with E-state index in [2.05, 4.69) is 35.5 Å². The standard InChI is InChI=1S/C13H22N4/c1-3-17-9-11(8-14-17)15-10-6-12-4-5-13(7-10)16(12)2/h8-10,12-13,15H,3-7H2,1-2H3. The number of hydrogen-bond acceptors (Lipinski definition) is 3. The van der Waals surface area contributed by atoms with Gasteiger partial charge in [0.05, 0.1) is 11.9 Å². The van der Waals surface area contributed by atoms with Gasteiger partial charge in [-0.2, -0.15) is 5.10 Å². The second-order valence-corrected chi connectivity index (χ2v) is 5.45. The summed E-state index contributed by atoms with van der Waals surface area (Å²) in [6.07, 6.45) is 9.39. The van der Waals surface area contributed by atoms with Crippen molar-refractivity contribution in [2.24, 2.45) is 0 Å². The number of nitrogens with one attached hydrogen (secondary N) is 1. The fraction of sp³-hybridized carbons (Fsp3) is 0.769. The van der Waals surface area contributed by atoms with Crippen molar-refractivity contribution < 1.29 is 0 Å². The summed E-state index contributed by atoms with van der Waals surface area (Å²) < 4.78 is 1.98. The Bertz CT molecular complexity index is 373.